The van der Waals surface area contributed by atoms with Crippen molar-refractivity contribution in [3.63, 3.8) is 0 Å². The number of carbonyl (C=O) groups is 1. The number of nitrogens with zero attached hydrogens (tertiary/aromatic N) is 2. The molecule has 0 bridgehead atoms. The van der Waals surface area contributed by atoms with Crippen LogP contribution in [0.25, 0.3) is 11.3 Å². The molecule has 0 spiro atoms. The second-order valence-corrected chi connectivity index (χ2v) is 5.14. The van der Waals surface area contributed by atoms with Crippen LogP contribution in [0.4, 0.5) is 0 Å². The van der Waals surface area contributed by atoms with Crippen LogP contribution in [0.5, 0.6) is 5.88 Å². The van der Waals surface area contributed by atoms with E-state index in [9.17, 15) is 4.79 Å². The molecule has 120 valence electrons. The van der Waals surface area contributed by atoms with E-state index in [2.05, 4.69) is 9.97 Å². The summed E-state index contributed by atoms with van der Waals surface area (Å²) in [6.07, 6.45) is 0.611. The first-order valence-corrected chi connectivity index (χ1v) is 7.57. The third kappa shape index (κ3) is 3.95. The van der Waals surface area contributed by atoms with Gasteiger partial charge >= 0.3 is 5.97 Å². The molecule has 2 aromatic heterocycles. The van der Waals surface area contributed by atoms with Crippen LogP contribution >= 0.6 is 0 Å². The maximum absolute atomic E-state index is 10.9. The standard InChI is InChI=1S/C19H16N2O3/c22-19(23)17-10-5-11-18(21-17)24-13-12-15-8-4-9-16(20-15)14-6-2-1-3-7-14/h1-11H,12-13H2,(H,22,23). The molecule has 0 aliphatic carbocycles. The van der Waals surface area contributed by atoms with E-state index in [1.165, 1.54) is 6.07 Å². The van der Waals surface area contributed by atoms with E-state index in [1.54, 1.807) is 12.1 Å². The zero-order valence-corrected chi connectivity index (χ0v) is 12.9. The summed E-state index contributed by atoms with van der Waals surface area (Å²) in [5.74, 6) is -0.771. The molecule has 0 aliphatic heterocycles. The molecule has 0 fully saturated rings. The van der Waals surface area contributed by atoms with E-state index in [4.69, 9.17) is 9.84 Å². The van der Waals surface area contributed by atoms with Gasteiger partial charge in [-0.15, -0.1) is 0 Å². The Bertz CT molecular complexity index is 835. The van der Waals surface area contributed by atoms with Crippen molar-refractivity contribution in [2.24, 2.45) is 0 Å². The van der Waals surface area contributed by atoms with Crippen LogP contribution in [-0.4, -0.2) is 27.7 Å². The van der Waals surface area contributed by atoms with Crippen LogP contribution in [0.3, 0.4) is 0 Å². The SMILES string of the molecule is O=C(O)c1cccc(OCCc2cccc(-c3ccccc3)n2)n1. The van der Waals surface area contributed by atoms with Crippen molar-refractivity contribution >= 4 is 5.97 Å². The van der Waals surface area contributed by atoms with Crippen LogP contribution in [0.2, 0.25) is 0 Å². The van der Waals surface area contributed by atoms with Crippen LogP contribution in [0.1, 0.15) is 16.2 Å². The third-order valence-electron chi connectivity index (χ3n) is 3.43. The Kier molecular flexibility index (Phi) is 4.81. The fourth-order valence-corrected chi connectivity index (χ4v) is 2.26. The number of pyridine rings is 2. The predicted molar refractivity (Wildman–Crippen MR) is 90.1 cm³/mol. The molecule has 0 aliphatic rings. The fourth-order valence-electron chi connectivity index (χ4n) is 2.26. The number of carboxylic acids is 1. The predicted octanol–water partition coefficient (Wildman–Crippen LogP) is 3.46. The first-order chi connectivity index (χ1) is 11.7. The van der Waals surface area contributed by atoms with Gasteiger partial charge in [0.25, 0.3) is 0 Å². The molecule has 5 heteroatoms. The molecule has 0 unspecified atom stereocenters. The van der Waals surface area contributed by atoms with Crippen LogP contribution in [-0.2, 0) is 6.42 Å². The third-order valence-corrected chi connectivity index (χ3v) is 3.43. The lowest BCUT2D eigenvalue weighted by Gasteiger charge is -2.07. The summed E-state index contributed by atoms with van der Waals surface area (Å²) in [6, 6.07) is 20.5. The highest BCUT2D eigenvalue weighted by Crippen LogP contribution is 2.16. The zero-order valence-electron chi connectivity index (χ0n) is 12.9. The second-order valence-electron chi connectivity index (χ2n) is 5.14. The molecule has 0 saturated heterocycles. The van der Waals surface area contributed by atoms with Gasteiger partial charge in [-0.05, 0) is 18.2 Å². The summed E-state index contributed by atoms with van der Waals surface area (Å²) in [4.78, 5) is 19.4. The second kappa shape index (κ2) is 7.37. The molecule has 3 rings (SSSR count). The maximum Gasteiger partial charge on any atom is 0.354 e. The highest BCUT2D eigenvalue weighted by atomic mass is 16.5. The molecule has 3 aromatic rings. The number of benzene rings is 1. The molecule has 1 aromatic carbocycles. The lowest BCUT2D eigenvalue weighted by Crippen LogP contribution is -2.06. The van der Waals surface area contributed by atoms with Gasteiger partial charge < -0.3 is 9.84 Å². The molecule has 0 saturated carbocycles. The Morgan fingerprint density at radius 1 is 0.917 bits per heavy atom. The summed E-state index contributed by atoms with van der Waals surface area (Å²) in [6.45, 7) is 0.376. The van der Waals surface area contributed by atoms with Crippen LogP contribution in [0.15, 0.2) is 66.7 Å². The van der Waals surface area contributed by atoms with Gasteiger partial charge in [-0.2, -0.15) is 0 Å². The van der Waals surface area contributed by atoms with E-state index in [0.29, 0.717) is 18.9 Å². The molecule has 0 radical (unpaired) electrons. The molecular weight excluding hydrogens is 304 g/mol. The largest absolute Gasteiger partial charge is 0.477 e. The lowest BCUT2D eigenvalue weighted by molar-refractivity contribution is 0.0689. The zero-order chi connectivity index (χ0) is 16.8. The van der Waals surface area contributed by atoms with Gasteiger partial charge in [-0.25, -0.2) is 9.78 Å². The van der Waals surface area contributed by atoms with Crippen molar-refractivity contribution in [1.82, 2.24) is 9.97 Å². The molecule has 0 amide bonds. The molecular formula is C19H16N2O3. The van der Waals surface area contributed by atoms with E-state index < -0.39 is 5.97 Å². The van der Waals surface area contributed by atoms with Gasteiger partial charge in [0.15, 0.2) is 5.69 Å². The highest BCUT2D eigenvalue weighted by Gasteiger charge is 2.06. The van der Waals surface area contributed by atoms with E-state index in [-0.39, 0.29) is 5.69 Å². The minimum absolute atomic E-state index is 0.0308. The minimum atomic E-state index is -1.07. The van der Waals surface area contributed by atoms with Crippen molar-refractivity contribution in [1.29, 1.82) is 0 Å². The van der Waals surface area contributed by atoms with Crippen molar-refractivity contribution in [2.75, 3.05) is 6.61 Å². The van der Waals surface area contributed by atoms with Crippen molar-refractivity contribution in [3.05, 3.63) is 78.1 Å². The molecule has 1 N–H and O–H groups in total. The number of aromatic nitrogens is 2. The first-order valence-electron chi connectivity index (χ1n) is 7.57. The smallest absolute Gasteiger partial charge is 0.354 e. The Morgan fingerprint density at radius 2 is 1.71 bits per heavy atom. The van der Waals surface area contributed by atoms with Crippen molar-refractivity contribution < 1.29 is 14.6 Å². The minimum Gasteiger partial charge on any atom is -0.477 e. The average Bonchev–Trinajstić information content (AvgIpc) is 2.63. The lowest BCUT2D eigenvalue weighted by atomic mass is 10.1. The van der Waals surface area contributed by atoms with Crippen LogP contribution < -0.4 is 4.74 Å². The topological polar surface area (TPSA) is 72.3 Å². The summed E-state index contributed by atoms with van der Waals surface area (Å²) in [5, 5.41) is 8.92. The molecule has 0 atom stereocenters. The van der Waals surface area contributed by atoms with Gasteiger partial charge in [0.1, 0.15) is 0 Å². The van der Waals surface area contributed by atoms with E-state index in [0.717, 1.165) is 17.0 Å². The maximum atomic E-state index is 10.9. The Hall–Kier alpha value is -3.21. The van der Waals surface area contributed by atoms with E-state index >= 15 is 0 Å². The summed E-state index contributed by atoms with van der Waals surface area (Å²) in [7, 11) is 0. The normalized spacial score (nSPS) is 10.3. The number of aromatic carboxylic acids is 1. The number of hydrogen-bond donors (Lipinski definition) is 1. The van der Waals surface area contributed by atoms with Crippen molar-refractivity contribution in [2.45, 2.75) is 6.42 Å². The van der Waals surface area contributed by atoms with Gasteiger partial charge in [-0.1, -0.05) is 42.5 Å². The van der Waals surface area contributed by atoms with Gasteiger partial charge in [0.2, 0.25) is 5.88 Å². The summed E-state index contributed by atoms with van der Waals surface area (Å²) >= 11 is 0. The molecule has 5 nitrogen and oxygen atoms in total. The monoisotopic (exact) mass is 320 g/mol. The fraction of sp³-hybridized carbons (Fsp3) is 0.105. The first kappa shape index (κ1) is 15.7. The Balaban J connectivity index is 1.63. The molecule has 2 heterocycles. The number of ether oxygens (including phenoxy) is 1. The van der Waals surface area contributed by atoms with Gasteiger partial charge in [0.05, 0.1) is 12.3 Å². The highest BCUT2D eigenvalue weighted by molar-refractivity contribution is 5.85. The van der Waals surface area contributed by atoms with Gasteiger partial charge in [-0.3, -0.25) is 4.98 Å². The number of hydrogen-bond acceptors (Lipinski definition) is 4. The summed E-state index contributed by atoms with van der Waals surface area (Å²) < 4.78 is 5.53. The van der Waals surface area contributed by atoms with Crippen LogP contribution in [0, 0.1) is 0 Å². The van der Waals surface area contributed by atoms with Crippen molar-refractivity contribution in [3.8, 4) is 17.1 Å². The van der Waals surface area contributed by atoms with E-state index in [1.807, 2.05) is 48.5 Å². The number of rotatable bonds is 6. The average molecular weight is 320 g/mol. The quantitative estimate of drug-likeness (QED) is 0.753. The molecule has 24 heavy (non-hydrogen) atoms. The Morgan fingerprint density at radius 3 is 2.50 bits per heavy atom. The van der Waals surface area contributed by atoms with Gasteiger partial charge in [0, 0.05) is 23.7 Å². The number of carboxylic acid groups (broad SMARTS) is 1. The summed E-state index contributed by atoms with van der Waals surface area (Å²) in [5.41, 5.74) is 2.86. The Labute approximate surface area is 139 Å².